The molecule has 0 N–H and O–H groups in total. The maximum Gasteiger partial charge on any atom is 0.117 e. The average molecular weight is 152 g/mol. The van der Waals surface area contributed by atoms with E-state index in [1.807, 2.05) is 12.1 Å². The van der Waals surface area contributed by atoms with Crippen molar-refractivity contribution in [3.8, 4) is 5.75 Å². The lowest BCUT2D eigenvalue weighted by Crippen LogP contribution is -2.10. The van der Waals surface area contributed by atoms with Crippen molar-refractivity contribution in [3.63, 3.8) is 0 Å². The maximum absolute atomic E-state index is 5.16. The Morgan fingerprint density at radius 2 is 2.10 bits per heavy atom. The van der Waals surface area contributed by atoms with Gasteiger partial charge in [-0.2, -0.15) is 0 Å². The van der Waals surface area contributed by atoms with E-state index >= 15 is 0 Å². The Labute approximate surface area is 64.4 Å². The Bertz CT molecular complexity index is 233. The second kappa shape index (κ2) is 2.88. The molecular weight excluding hydrogens is 140 g/mol. The Morgan fingerprint density at radius 1 is 1.40 bits per heavy atom. The number of aryl methyl sites for hydroxylation is 1. The van der Waals surface area contributed by atoms with Gasteiger partial charge in [-0.15, -0.1) is 0 Å². The second-order valence-electron chi connectivity index (χ2n) is 2.40. The van der Waals surface area contributed by atoms with Crippen LogP contribution in [-0.4, -0.2) is 17.4 Å². The lowest BCUT2D eigenvalue weighted by molar-refractivity contribution is 0.418. The zero-order valence-electron chi connectivity index (χ0n) is 6.64. The van der Waals surface area contributed by atoms with E-state index in [2.05, 4.69) is 13.0 Å². The monoisotopic (exact) mass is 152 g/mol. The number of benzene rings is 1. The quantitative estimate of drug-likeness (QED) is 0.515. The molecule has 0 aliphatic heterocycles. The summed E-state index contributed by atoms with van der Waals surface area (Å²) in [6.07, 6.45) is 0. The number of methoxy groups -OCH3 is 1. The third-order valence-electron chi connectivity index (χ3n) is 1.77. The van der Waals surface area contributed by atoms with Gasteiger partial charge in [-0.25, -0.2) is 0 Å². The fraction of sp³-hybridized carbons (Fsp3) is 0.250. The number of rotatable bonds is 1. The van der Waals surface area contributed by atoms with Crippen LogP contribution in [0.5, 0.6) is 5.75 Å². The molecule has 0 aliphatic rings. The van der Waals surface area contributed by atoms with Crippen LogP contribution in [0, 0.1) is 6.92 Å². The number of hydrogen-bond acceptors (Lipinski definition) is 1. The summed E-state index contributed by atoms with van der Waals surface area (Å²) in [5.74, 6) is 1.03. The molecule has 0 saturated heterocycles. The molecule has 0 radical (unpaired) electrons. The summed E-state index contributed by atoms with van der Waals surface area (Å²) in [7, 11) is 2.78. The zero-order chi connectivity index (χ0) is 7.56. The van der Waals surface area contributed by atoms with Gasteiger partial charge in [-0.1, -0.05) is 12.1 Å². The molecule has 0 fully saturated rings. The first-order valence-electron chi connectivity index (χ1n) is 3.36. The van der Waals surface area contributed by atoms with Crippen molar-refractivity contribution in [3.05, 3.63) is 23.8 Å². The predicted molar refractivity (Wildman–Crippen MR) is 47.3 cm³/mol. The molecule has 1 aromatic carbocycles. The highest BCUT2D eigenvalue weighted by molar-refractivity contribution is 6.35. The van der Waals surface area contributed by atoms with Gasteiger partial charge in [0.1, 0.15) is 5.75 Å². The van der Waals surface area contributed by atoms with Crippen LogP contribution in [0.25, 0.3) is 0 Å². The Kier molecular flexibility index (Phi) is 2.12. The van der Waals surface area contributed by atoms with Crippen molar-refractivity contribution in [2.45, 2.75) is 6.92 Å². The topological polar surface area (TPSA) is 9.23 Å². The summed E-state index contributed by atoms with van der Waals surface area (Å²) in [5.41, 5.74) is 1.34. The standard InChI is InChI=1S/C8H12OSi/c1-6-4-3-5-7(9-2)8(6)10/h3-5H,1-2,10H3. The normalized spacial score (nSPS) is 9.80. The second-order valence-corrected chi connectivity index (χ2v) is 3.40. The van der Waals surface area contributed by atoms with Crippen LogP contribution in [0.1, 0.15) is 5.56 Å². The highest BCUT2D eigenvalue weighted by Crippen LogP contribution is 2.06. The Balaban J connectivity index is 3.14. The predicted octanol–water partition coefficient (Wildman–Crippen LogP) is -0.00568. The van der Waals surface area contributed by atoms with Crippen LogP contribution in [0.4, 0.5) is 0 Å². The summed E-state index contributed by atoms with van der Waals surface area (Å²) in [5, 5.41) is 1.37. The van der Waals surface area contributed by atoms with Crippen molar-refractivity contribution in [1.82, 2.24) is 0 Å². The van der Waals surface area contributed by atoms with Crippen LogP contribution >= 0.6 is 0 Å². The largest absolute Gasteiger partial charge is 0.497 e. The first kappa shape index (κ1) is 7.35. The molecule has 0 heterocycles. The van der Waals surface area contributed by atoms with Crippen LogP contribution in [0.2, 0.25) is 0 Å². The zero-order valence-corrected chi connectivity index (χ0v) is 8.64. The molecule has 0 aliphatic carbocycles. The minimum Gasteiger partial charge on any atom is -0.497 e. The van der Waals surface area contributed by atoms with E-state index in [0.717, 1.165) is 16.0 Å². The van der Waals surface area contributed by atoms with Gasteiger partial charge >= 0.3 is 0 Å². The van der Waals surface area contributed by atoms with Crippen LogP contribution in [-0.2, 0) is 0 Å². The fourth-order valence-electron chi connectivity index (χ4n) is 0.945. The first-order valence-corrected chi connectivity index (χ1v) is 4.36. The molecule has 10 heavy (non-hydrogen) atoms. The molecule has 2 heteroatoms. The van der Waals surface area contributed by atoms with Gasteiger partial charge in [0.15, 0.2) is 0 Å². The van der Waals surface area contributed by atoms with Gasteiger partial charge in [-0.3, -0.25) is 0 Å². The first-order chi connectivity index (χ1) is 4.75. The fourth-order valence-corrected chi connectivity index (χ4v) is 1.48. The number of ether oxygens (including phenoxy) is 1. The van der Waals surface area contributed by atoms with E-state index in [-0.39, 0.29) is 0 Å². The summed E-state index contributed by atoms with van der Waals surface area (Å²) in [6.45, 7) is 2.12. The van der Waals surface area contributed by atoms with Crippen LogP contribution < -0.4 is 9.92 Å². The molecule has 0 atom stereocenters. The Morgan fingerprint density at radius 3 is 2.60 bits per heavy atom. The van der Waals surface area contributed by atoms with Crippen molar-refractivity contribution < 1.29 is 4.74 Å². The SMILES string of the molecule is COc1cccc(C)c1[SiH3]. The molecule has 0 bridgehead atoms. The summed E-state index contributed by atoms with van der Waals surface area (Å²) in [6, 6.07) is 6.15. The van der Waals surface area contributed by atoms with Crippen molar-refractivity contribution in [2.24, 2.45) is 0 Å². The maximum atomic E-state index is 5.16. The smallest absolute Gasteiger partial charge is 0.117 e. The van der Waals surface area contributed by atoms with Crippen molar-refractivity contribution >= 4 is 15.4 Å². The third kappa shape index (κ3) is 1.21. The van der Waals surface area contributed by atoms with Gasteiger partial charge in [-0.05, 0) is 23.7 Å². The average Bonchev–Trinajstić information content (AvgIpc) is 1.95. The lowest BCUT2D eigenvalue weighted by atomic mass is 10.2. The third-order valence-corrected chi connectivity index (χ3v) is 3.06. The summed E-state index contributed by atoms with van der Waals surface area (Å²) >= 11 is 0. The molecule has 0 amide bonds. The summed E-state index contributed by atoms with van der Waals surface area (Å²) < 4.78 is 5.16. The highest BCUT2D eigenvalue weighted by atomic mass is 28.1. The molecule has 0 spiro atoms. The minimum absolute atomic E-state index is 1.03. The molecule has 1 rings (SSSR count). The van der Waals surface area contributed by atoms with Crippen molar-refractivity contribution in [2.75, 3.05) is 7.11 Å². The van der Waals surface area contributed by atoms with E-state index in [9.17, 15) is 0 Å². The van der Waals surface area contributed by atoms with Crippen molar-refractivity contribution in [1.29, 1.82) is 0 Å². The van der Waals surface area contributed by atoms with E-state index < -0.39 is 0 Å². The van der Waals surface area contributed by atoms with Gasteiger partial charge in [0.2, 0.25) is 0 Å². The van der Waals surface area contributed by atoms with Crippen LogP contribution in [0.3, 0.4) is 0 Å². The lowest BCUT2D eigenvalue weighted by Gasteiger charge is -2.05. The molecule has 1 aromatic rings. The number of hydrogen-bond donors (Lipinski definition) is 0. The molecule has 0 unspecified atom stereocenters. The van der Waals surface area contributed by atoms with Crippen LogP contribution in [0.15, 0.2) is 18.2 Å². The van der Waals surface area contributed by atoms with Gasteiger partial charge in [0.05, 0.1) is 7.11 Å². The molecule has 54 valence electrons. The van der Waals surface area contributed by atoms with Gasteiger partial charge in [0.25, 0.3) is 0 Å². The van der Waals surface area contributed by atoms with E-state index in [4.69, 9.17) is 4.74 Å². The van der Waals surface area contributed by atoms with E-state index in [1.54, 1.807) is 7.11 Å². The van der Waals surface area contributed by atoms with E-state index in [1.165, 1.54) is 10.8 Å². The molecule has 1 nitrogen and oxygen atoms in total. The summed E-state index contributed by atoms with van der Waals surface area (Å²) in [4.78, 5) is 0. The molecular formula is C8H12OSi. The Hall–Kier alpha value is -0.763. The van der Waals surface area contributed by atoms with Gasteiger partial charge in [0, 0.05) is 10.2 Å². The van der Waals surface area contributed by atoms with Gasteiger partial charge < -0.3 is 4.74 Å². The van der Waals surface area contributed by atoms with E-state index in [0.29, 0.717) is 0 Å². The minimum atomic E-state index is 1.03. The highest BCUT2D eigenvalue weighted by Gasteiger charge is 1.97. The molecule has 0 aromatic heterocycles. The molecule has 0 saturated carbocycles.